The van der Waals surface area contributed by atoms with Gasteiger partial charge < -0.3 is 5.73 Å². The molecule has 0 aliphatic carbocycles. The zero-order valence-electron chi connectivity index (χ0n) is 10.2. The van der Waals surface area contributed by atoms with E-state index in [2.05, 4.69) is 28.3 Å². The van der Waals surface area contributed by atoms with E-state index in [0.717, 1.165) is 24.4 Å². The standard InChI is InChI=1S/C13H17N3S/c1-9-6-8-17-13(9)11-5-7-15-12(16-11)4-3-10(2)14/h5-8,10H,3-4,14H2,1-2H3. The van der Waals surface area contributed by atoms with E-state index < -0.39 is 0 Å². The van der Waals surface area contributed by atoms with Crippen molar-refractivity contribution in [2.75, 3.05) is 0 Å². The lowest BCUT2D eigenvalue weighted by atomic mass is 10.2. The monoisotopic (exact) mass is 247 g/mol. The highest BCUT2D eigenvalue weighted by molar-refractivity contribution is 7.13. The Morgan fingerprint density at radius 3 is 2.88 bits per heavy atom. The second kappa shape index (κ2) is 5.38. The minimum absolute atomic E-state index is 0.200. The largest absolute Gasteiger partial charge is 0.328 e. The van der Waals surface area contributed by atoms with Crippen LogP contribution in [0.15, 0.2) is 23.7 Å². The number of hydrogen-bond acceptors (Lipinski definition) is 4. The van der Waals surface area contributed by atoms with Crippen LogP contribution in [0.2, 0.25) is 0 Å². The molecule has 0 amide bonds. The van der Waals surface area contributed by atoms with Crippen LogP contribution in [-0.4, -0.2) is 16.0 Å². The topological polar surface area (TPSA) is 51.8 Å². The van der Waals surface area contributed by atoms with Gasteiger partial charge in [-0.15, -0.1) is 11.3 Å². The van der Waals surface area contributed by atoms with Crippen LogP contribution >= 0.6 is 11.3 Å². The highest BCUT2D eigenvalue weighted by Gasteiger charge is 2.07. The van der Waals surface area contributed by atoms with Gasteiger partial charge in [-0.25, -0.2) is 9.97 Å². The Bertz CT molecular complexity index is 491. The van der Waals surface area contributed by atoms with E-state index in [-0.39, 0.29) is 6.04 Å². The second-order valence-electron chi connectivity index (χ2n) is 4.31. The fraction of sp³-hybridized carbons (Fsp3) is 0.385. The molecule has 1 unspecified atom stereocenters. The van der Waals surface area contributed by atoms with Crippen molar-refractivity contribution in [3.8, 4) is 10.6 Å². The molecule has 2 aromatic rings. The van der Waals surface area contributed by atoms with Crippen molar-refractivity contribution in [3.63, 3.8) is 0 Å². The van der Waals surface area contributed by atoms with Crippen LogP contribution < -0.4 is 5.73 Å². The molecule has 2 rings (SSSR count). The van der Waals surface area contributed by atoms with Gasteiger partial charge in [-0.3, -0.25) is 0 Å². The molecule has 2 N–H and O–H groups in total. The third-order valence-corrected chi connectivity index (χ3v) is 3.66. The molecule has 0 aliphatic rings. The normalized spacial score (nSPS) is 12.6. The smallest absolute Gasteiger partial charge is 0.129 e. The predicted octanol–water partition coefficient (Wildman–Crippen LogP) is 2.79. The van der Waals surface area contributed by atoms with E-state index in [1.54, 1.807) is 11.3 Å². The third-order valence-electron chi connectivity index (χ3n) is 2.62. The van der Waals surface area contributed by atoms with Crippen molar-refractivity contribution in [2.24, 2.45) is 5.73 Å². The maximum Gasteiger partial charge on any atom is 0.129 e. The number of nitrogens with zero attached hydrogens (tertiary/aromatic N) is 2. The van der Waals surface area contributed by atoms with Crippen LogP contribution in [0, 0.1) is 6.92 Å². The molecule has 0 saturated heterocycles. The third kappa shape index (κ3) is 3.11. The lowest BCUT2D eigenvalue weighted by molar-refractivity contribution is 0.648. The second-order valence-corrected chi connectivity index (χ2v) is 5.22. The summed E-state index contributed by atoms with van der Waals surface area (Å²) >= 11 is 1.72. The average Bonchev–Trinajstić information content (AvgIpc) is 2.73. The molecule has 0 bridgehead atoms. The number of aromatic nitrogens is 2. The van der Waals surface area contributed by atoms with Gasteiger partial charge in [-0.05, 0) is 43.3 Å². The summed E-state index contributed by atoms with van der Waals surface area (Å²) in [7, 11) is 0. The Morgan fingerprint density at radius 1 is 1.41 bits per heavy atom. The van der Waals surface area contributed by atoms with Gasteiger partial charge in [0.2, 0.25) is 0 Å². The molecule has 0 radical (unpaired) electrons. The van der Waals surface area contributed by atoms with Gasteiger partial charge >= 0.3 is 0 Å². The number of aryl methyl sites for hydroxylation is 2. The quantitative estimate of drug-likeness (QED) is 0.904. The van der Waals surface area contributed by atoms with Gasteiger partial charge in [-0.2, -0.15) is 0 Å². The van der Waals surface area contributed by atoms with Crippen LogP contribution in [-0.2, 0) is 6.42 Å². The van der Waals surface area contributed by atoms with Crippen molar-refractivity contribution in [1.82, 2.24) is 9.97 Å². The van der Waals surface area contributed by atoms with Gasteiger partial charge in [0.05, 0.1) is 10.6 Å². The first kappa shape index (κ1) is 12.2. The van der Waals surface area contributed by atoms with Crippen molar-refractivity contribution in [2.45, 2.75) is 32.7 Å². The molecule has 0 aliphatic heterocycles. The molecule has 1 atom stereocenters. The highest BCUT2D eigenvalue weighted by atomic mass is 32.1. The molecule has 17 heavy (non-hydrogen) atoms. The lowest BCUT2D eigenvalue weighted by Gasteiger charge is -2.05. The summed E-state index contributed by atoms with van der Waals surface area (Å²) in [5, 5.41) is 2.09. The maximum absolute atomic E-state index is 5.74. The van der Waals surface area contributed by atoms with Crippen LogP contribution in [0.5, 0.6) is 0 Å². The zero-order valence-corrected chi connectivity index (χ0v) is 11.0. The van der Waals surface area contributed by atoms with E-state index in [1.165, 1.54) is 10.4 Å². The number of thiophene rings is 1. The van der Waals surface area contributed by atoms with Crippen LogP contribution in [0.4, 0.5) is 0 Å². The highest BCUT2D eigenvalue weighted by Crippen LogP contribution is 2.27. The van der Waals surface area contributed by atoms with Crippen molar-refractivity contribution in [3.05, 3.63) is 35.1 Å². The number of nitrogens with two attached hydrogens (primary N) is 1. The Balaban J connectivity index is 2.20. The lowest BCUT2D eigenvalue weighted by Crippen LogP contribution is -2.16. The molecule has 4 heteroatoms. The molecule has 0 fully saturated rings. The molecule has 0 aromatic carbocycles. The van der Waals surface area contributed by atoms with Crippen LogP contribution in [0.25, 0.3) is 10.6 Å². The van der Waals surface area contributed by atoms with Crippen molar-refractivity contribution >= 4 is 11.3 Å². The van der Waals surface area contributed by atoms with Crippen molar-refractivity contribution in [1.29, 1.82) is 0 Å². The Hall–Kier alpha value is -1.26. The summed E-state index contributed by atoms with van der Waals surface area (Å²) in [6.07, 6.45) is 3.60. The van der Waals surface area contributed by atoms with E-state index in [9.17, 15) is 0 Å². The predicted molar refractivity (Wildman–Crippen MR) is 72.1 cm³/mol. The molecule has 0 saturated carbocycles. The molecule has 2 heterocycles. The Morgan fingerprint density at radius 2 is 2.24 bits per heavy atom. The van der Waals surface area contributed by atoms with Gasteiger partial charge in [-0.1, -0.05) is 0 Å². The van der Waals surface area contributed by atoms with E-state index in [0.29, 0.717) is 0 Å². The molecule has 90 valence electrons. The summed E-state index contributed by atoms with van der Waals surface area (Å²) in [5.41, 5.74) is 8.03. The summed E-state index contributed by atoms with van der Waals surface area (Å²) < 4.78 is 0. The minimum Gasteiger partial charge on any atom is -0.328 e. The molecular weight excluding hydrogens is 230 g/mol. The van der Waals surface area contributed by atoms with E-state index >= 15 is 0 Å². The van der Waals surface area contributed by atoms with Gasteiger partial charge in [0.1, 0.15) is 5.82 Å². The van der Waals surface area contributed by atoms with Gasteiger partial charge in [0.25, 0.3) is 0 Å². The zero-order chi connectivity index (χ0) is 12.3. The first-order valence-corrected chi connectivity index (χ1v) is 6.67. The summed E-state index contributed by atoms with van der Waals surface area (Å²) in [6.45, 7) is 4.11. The van der Waals surface area contributed by atoms with E-state index in [4.69, 9.17) is 5.73 Å². The fourth-order valence-corrected chi connectivity index (χ4v) is 2.53. The SMILES string of the molecule is Cc1ccsc1-c1ccnc(CCC(C)N)n1. The summed E-state index contributed by atoms with van der Waals surface area (Å²) in [5.74, 6) is 0.882. The maximum atomic E-state index is 5.74. The molecule has 3 nitrogen and oxygen atoms in total. The first-order valence-electron chi connectivity index (χ1n) is 5.79. The molecule has 0 spiro atoms. The van der Waals surface area contributed by atoms with Gasteiger partial charge in [0.15, 0.2) is 0 Å². The number of hydrogen-bond donors (Lipinski definition) is 1. The van der Waals surface area contributed by atoms with Crippen LogP contribution in [0.1, 0.15) is 24.7 Å². The Kier molecular flexibility index (Phi) is 3.86. The summed E-state index contributed by atoms with van der Waals surface area (Å²) in [6, 6.07) is 4.28. The minimum atomic E-state index is 0.200. The van der Waals surface area contributed by atoms with E-state index in [1.807, 2.05) is 19.2 Å². The Labute approximate surface area is 106 Å². The fourth-order valence-electron chi connectivity index (χ4n) is 1.64. The molecule has 2 aromatic heterocycles. The summed E-state index contributed by atoms with van der Waals surface area (Å²) in [4.78, 5) is 10.1. The van der Waals surface area contributed by atoms with Crippen molar-refractivity contribution < 1.29 is 0 Å². The average molecular weight is 247 g/mol. The molecular formula is C13H17N3S. The number of rotatable bonds is 4. The first-order chi connectivity index (χ1) is 8.16. The van der Waals surface area contributed by atoms with Crippen LogP contribution in [0.3, 0.4) is 0 Å². The van der Waals surface area contributed by atoms with Gasteiger partial charge in [0, 0.05) is 18.7 Å².